The minimum Gasteiger partial charge on any atom is -0.394 e. The quantitative estimate of drug-likeness (QED) is 0.636. The van der Waals surface area contributed by atoms with Crippen LogP contribution in [0.15, 0.2) is 11.0 Å². The summed E-state index contributed by atoms with van der Waals surface area (Å²) in [7, 11) is 0. The number of rotatable bonds is 7. The number of unbranched alkanes of at least 4 members (excludes halogenated alkanes) is 3. The average molecular weight is 311 g/mol. The van der Waals surface area contributed by atoms with Crippen molar-refractivity contribution in [2.24, 2.45) is 0 Å². The Kier molecular flexibility index (Phi) is 5.93. The van der Waals surface area contributed by atoms with Gasteiger partial charge in [0.15, 0.2) is 0 Å². The van der Waals surface area contributed by atoms with Gasteiger partial charge in [-0.05, 0) is 12.8 Å². The Morgan fingerprint density at radius 2 is 2.23 bits per heavy atom. The fourth-order valence-corrected chi connectivity index (χ4v) is 2.71. The van der Waals surface area contributed by atoms with Crippen LogP contribution in [0.1, 0.15) is 50.8 Å². The molecule has 22 heavy (non-hydrogen) atoms. The molecule has 2 rings (SSSR count). The topological polar surface area (TPSA) is 111 Å². The molecule has 7 nitrogen and oxygen atoms in total. The predicted octanol–water partition coefficient (Wildman–Crippen LogP) is 0.589. The zero-order valence-corrected chi connectivity index (χ0v) is 12.9. The van der Waals surface area contributed by atoms with Gasteiger partial charge in [0.05, 0.1) is 12.7 Å². The normalized spacial score (nSPS) is 24.8. The molecular weight excluding hydrogens is 286 g/mol. The number of hydrogen-bond donors (Lipinski definition) is 3. The van der Waals surface area contributed by atoms with Crippen LogP contribution in [0.5, 0.6) is 0 Å². The molecule has 2 heterocycles. The van der Waals surface area contributed by atoms with Crippen LogP contribution < -0.4 is 11.4 Å². The van der Waals surface area contributed by atoms with Gasteiger partial charge in [0.25, 0.3) is 0 Å². The van der Waals surface area contributed by atoms with E-state index in [0.29, 0.717) is 0 Å². The van der Waals surface area contributed by atoms with Crippen molar-refractivity contribution in [3.8, 4) is 0 Å². The summed E-state index contributed by atoms with van der Waals surface area (Å²) in [5.41, 5.74) is 6.16. The lowest BCUT2D eigenvalue weighted by Gasteiger charge is -2.16. The lowest BCUT2D eigenvalue weighted by atomic mass is 10.1. The van der Waals surface area contributed by atoms with Gasteiger partial charge >= 0.3 is 5.69 Å². The van der Waals surface area contributed by atoms with Gasteiger partial charge in [-0.1, -0.05) is 26.2 Å². The second kappa shape index (κ2) is 7.71. The number of nitrogens with zero attached hydrogens (tertiary/aromatic N) is 2. The molecule has 1 saturated heterocycles. The highest BCUT2D eigenvalue weighted by molar-refractivity contribution is 5.36. The Morgan fingerprint density at radius 3 is 2.86 bits per heavy atom. The number of nitrogens with two attached hydrogens (primary N) is 1. The lowest BCUT2D eigenvalue weighted by molar-refractivity contribution is -0.0459. The van der Waals surface area contributed by atoms with Crippen molar-refractivity contribution in [3.05, 3.63) is 22.2 Å². The highest BCUT2D eigenvalue weighted by atomic mass is 16.5. The first-order valence-electron chi connectivity index (χ1n) is 7.88. The average Bonchev–Trinajstić information content (AvgIpc) is 2.86. The van der Waals surface area contributed by atoms with E-state index in [4.69, 9.17) is 15.6 Å². The monoisotopic (exact) mass is 311 g/mol. The fraction of sp³-hybridized carbons (Fsp3) is 0.733. The van der Waals surface area contributed by atoms with E-state index in [1.807, 2.05) is 0 Å². The van der Waals surface area contributed by atoms with Crippen LogP contribution in [0.25, 0.3) is 0 Å². The minimum atomic E-state index is -0.785. The Morgan fingerprint density at radius 1 is 1.45 bits per heavy atom. The molecule has 1 aliphatic rings. The molecule has 1 aliphatic heterocycles. The van der Waals surface area contributed by atoms with Crippen LogP contribution in [-0.4, -0.2) is 38.6 Å². The molecule has 0 radical (unpaired) electrons. The van der Waals surface area contributed by atoms with E-state index in [-0.39, 0.29) is 18.8 Å². The Hall–Kier alpha value is -1.44. The van der Waals surface area contributed by atoms with Crippen molar-refractivity contribution in [2.75, 3.05) is 12.3 Å². The summed E-state index contributed by atoms with van der Waals surface area (Å²) in [6, 6.07) is 0. The van der Waals surface area contributed by atoms with Crippen molar-refractivity contribution in [3.63, 3.8) is 0 Å². The largest absolute Gasteiger partial charge is 0.394 e. The maximum Gasteiger partial charge on any atom is 0.351 e. The molecular formula is C15H25N3O4. The van der Waals surface area contributed by atoms with E-state index in [1.54, 1.807) is 6.20 Å². The molecule has 4 N–H and O–H groups in total. The van der Waals surface area contributed by atoms with Crippen molar-refractivity contribution >= 4 is 5.82 Å². The maximum absolute atomic E-state index is 12.0. The summed E-state index contributed by atoms with van der Waals surface area (Å²) < 4.78 is 6.88. The zero-order chi connectivity index (χ0) is 16.1. The molecule has 0 spiro atoms. The number of aliphatic hydroxyl groups is 2. The van der Waals surface area contributed by atoms with E-state index < -0.39 is 24.1 Å². The fourth-order valence-electron chi connectivity index (χ4n) is 2.71. The SMILES string of the molecule is CCCCCCc1cn([C@H]2C[C@H](O)[C@@H](CO)O2)c(=O)nc1N. The summed E-state index contributed by atoms with van der Waals surface area (Å²) in [6.07, 6.45) is 5.06. The van der Waals surface area contributed by atoms with E-state index in [0.717, 1.165) is 31.2 Å². The van der Waals surface area contributed by atoms with Gasteiger partial charge in [0, 0.05) is 18.2 Å². The molecule has 0 aliphatic carbocycles. The van der Waals surface area contributed by atoms with Crippen LogP contribution in [-0.2, 0) is 11.2 Å². The van der Waals surface area contributed by atoms with Crippen molar-refractivity contribution in [1.82, 2.24) is 9.55 Å². The van der Waals surface area contributed by atoms with Crippen LogP contribution in [0.3, 0.4) is 0 Å². The van der Waals surface area contributed by atoms with Gasteiger partial charge in [-0.2, -0.15) is 4.98 Å². The third-order valence-corrected chi connectivity index (χ3v) is 4.05. The molecule has 0 saturated carbocycles. The number of anilines is 1. The number of aryl methyl sites for hydroxylation is 1. The first-order chi connectivity index (χ1) is 10.6. The second-order valence-corrected chi connectivity index (χ2v) is 5.77. The van der Waals surface area contributed by atoms with Crippen LogP contribution in [0.4, 0.5) is 5.82 Å². The molecule has 1 aromatic heterocycles. The third-order valence-electron chi connectivity index (χ3n) is 4.05. The van der Waals surface area contributed by atoms with Crippen LogP contribution >= 0.6 is 0 Å². The zero-order valence-electron chi connectivity index (χ0n) is 12.9. The van der Waals surface area contributed by atoms with Gasteiger partial charge in [-0.15, -0.1) is 0 Å². The number of nitrogen functional groups attached to an aromatic ring is 1. The molecule has 1 fully saturated rings. The van der Waals surface area contributed by atoms with Crippen LogP contribution in [0, 0.1) is 0 Å². The van der Waals surface area contributed by atoms with Gasteiger partial charge in [-0.25, -0.2) is 4.79 Å². The highest BCUT2D eigenvalue weighted by Crippen LogP contribution is 2.28. The summed E-state index contributed by atoms with van der Waals surface area (Å²) in [5, 5.41) is 18.9. The summed E-state index contributed by atoms with van der Waals surface area (Å²) in [6.45, 7) is 1.87. The molecule has 0 bridgehead atoms. The second-order valence-electron chi connectivity index (χ2n) is 5.77. The molecule has 0 amide bonds. The van der Waals surface area contributed by atoms with E-state index in [9.17, 15) is 9.90 Å². The van der Waals surface area contributed by atoms with Crippen molar-refractivity contribution in [1.29, 1.82) is 0 Å². The number of aliphatic hydroxyl groups excluding tert-OH is 2. The molecule has 7 heteroatoms. The molecule has 1 aromatic rings. The summed E-state index contributed by atoms with van der Waals surface area (Å²) in [4.78, 5) is 15.9. The Balaban J connectivity index is 2.13. The molecule has 0 unspecified atom stereocenters. The first-order valence-corrected chi connectivity index (χ1v) is 7.88. The van der Waals surface area contributed by atoms with E-state index >= 15 is 0 Å². The number of hydrogen-bond acceptors (Lipinski definition) is 6. The summed E-state index contributed by atoms with van der Waals surface area (Å²) in [5.74, 6) is 0.259. The van der Waals surface area contributed by atoms with Gasteiger partial charge in [0.2, 0.25) is 0 Å². The van der Waals surface area contributed by atoms with E-state index in [1.165, 1.54) is 11.0 Å². The highest BCUT2D eigenvalue weighted by Gasteiger charge is 2.35. The summed E-state index contributed by atoms with van der Waals surface area (Å²) >= 11 is 0. The Labute approximate surface area is 129 Å². The van der Waals surface area contributed by atoms with Gasteiger partial charge < -0.3 is 20.7 Å². The smallest absolute Gasteiger partial charge is 0.351 e. The van der Waals surface area contributed by atoms with Crippen LogP contribution in [0.2, 0.25) is 0 Å². The maximum atomic E-state index is 12.0. The molecule has 124 valence electrons. The Bertz CT molecular complexity index is 546. The van der Waals surface area contributed by atoms with Gasteiger partial charge in [0.1, 0.15) is 18.1 Å². The standard InChI is InChI=1S/C15H25N3O4/c1-2-3-4-5-6-10-8-18(15(21)17-14(10)16)13-7-11(20)12(9-19)22-13/h8,11-13,19-20H,2-7,9H2,1H3,(H2,16,17,21)/t11-,12+,13+/m0/s1. The first kappa shape index (κ1) is 16.9. The molecule has 0 aromatic carbocycles. The van der Waals surface area contributed by atoms with Crippen molar-refractivity contribution < 1.29 is 14.9 Å². The van der Waals surface area contributed by atoms with Crippen molar-refractivity contribution in [2.45, 2.75) is 63.9 Å². The third kappa shape index (κ3) is 3.85. The predicted molar refractivity (Wildman–Crippen MR) is 82.4 cm³/mol. The minimum absolute atomic E-state index is 0.256. The number of ether oxygens (including phenoxy) is 1. The lowest BCUT2D eigenvalue weighted by Crippen LogP contribution is -2.29. The number of aromatic nitrogens is 2. The van der Waals surface area contributed by atoms with E-state index in [2.05, 4.69) is 11.9 Å². The van der Waals surface area contributed by atoms with Gasteiger partial charge in [-0.3, -0.25) is 4.57 Å². The molecule has 3 atom stereocenters.